The topological polar surface area (TPSA) is 18.5 Å². The van der Waals surface area contributed by atoms with Crippen molar-refractivity contribution in [3.8, 4) is 0 Å². The summed E-state index contributed by atoms with van der Waals surface area (Å²) < 4.78 is 0. The van der Waals surface area contributed by atoms with Gasteiger partial charge in [-0.15, -0.1) is 0 Å². The predicted molar refractivity (Wildman–Crippen MR) is 88.5 cm³/mol. The molecule has 0 amide bonds. The number of hydrogen-bond acceptors (Lipinski definition) is 3. The zero-order valence-corrected chi connectivity index (χ0v) is 13.6. The van der Waals surface area contributed by atoms with E-state index >= 15 is 0 Å². The summed E-state index contributed by atoms with van der Waals surface area (Å²) in [7, 11) is 0. The Hall–Kier alpha value is -0.900. The van der Waals surface area contributed by atoms with E-state index in [0.717, 1.165) is 32.2 Å². The molecule has 0 aromatic heterocycles. The van der Waals surface area contributed by atoms with Gasteiger partial charge in [0.1, 0.15) is 0 Å². The fourth-order valence-electron chi connectivity index (χ4n) is 3.75. The van der Waals surface area contributed by atoms with E-state index in [2.05, 4.69) is 47.2 Å². The van der Waals surface area contributed by atoms with Crippen molar-refractivity contribution in [2.75, 3.05) is 32.7 Å². The van der Waals surface area contributed by atoms with Crippen molar-refractivity contribution >= 4 is 0 Å². The van der Waals surface area contributed by atoms with Crippen LogP contribution in [-0.4, -0.2) is 48.6 Å². The Labute approximate surface area is 129 Å². The molecule has 0 bridgehead atoms. The first-order chi connectivity index (χ1) is 10.3. The minimum Gasteiger partial charge on any atom is -0.314 e. The van der Waals surface area contributed by atoms with Crippen molar-refractivity contribution in [3.63, 3.8) is 0 Å². The molecule has 1 saturated heterocycles. The molecule has 3 rings (SSSR count). The molecular formula is C18H29N3. The summed E-state index contributed by atoms with van der Waals surface area (Å²) in [4.78, 5) is 5.19. The number of benzene rings is 1. The van der Waals surface area contributed by atoms with E-state index in [-0.39, 0.29) is 0 Å². The van der Waals surface area contributed by atoms with Crippen LogP contribution in [0.3, 0.4) is 0 Å². The number of likely N-dealkylation sites (N-methyl/N-ethyl adjacent to an activating group) is 1. The second-order valence-corrected chi connectivity index (χ2v) is 6.46. The van der Waals surface area contributed by atoms with Gasteiger partial charge in [0.05, 0.1) is 0 Å². The van der Waals surface area contributed by atoms with Crippen LogP contribution in [0.4, 0.5) is 0 Å². The standard InChI is InChI=1S/C18H29N3/c1-3-18-12-17-11-15(13-20-9-7-19-8-10-20)5-6-16(17)14-21(18)4-2/h5-6,11,18-19H,3-4,7-10,12-14H2,1-2H3. The number of nitrogens with one attached hydrogen (secondary N) is 1. The van der Waals surface area contributed by atoms with Gasteiger partial charge >= 0.3 is 0 Å². The highest BCUT2D eigenvalue weighted by Crippen LogP contribution is 2.26. The lowest BCUT2D eigenvalue weighted by Crippen LogP contribution is -2.43. The van der Waals surface area contributed by atoms with E-state index < -0.39 is 0 Å². The van der Waals surface area contributed by atoms with Gasteiger partial charge in [-0.25, -0.2) is 0 Å². The van der Waals surface area contributed by atoms with Crippen LogP contribution < -0.4 is 5.32 Å². The summed E-state index contributed by atoms with van der Waals surface area (Å²) in [5.41, 5.74) is 4.64. The van der Waals surface area contributed by atoms with E-state index in [1.807, 2.05) is 0 Å². The third kappa shape index (κ3) is 3.47. The van der Waals surface area contributed by atoms with E-state index in [1.54, 1.807) is 11.1 Å². The van der Waals surface area contributed by atoms with Crippen LogP contribution in [0.15, 0.2) is 18.2 Å². The number of rotatable bonds is 4. The molecule has 1 N–H and O–H groups in total. The average molecular weight is 287 g/mol. The smallest absolute Gasteiger partial charge is 0.0239 e. The third-order valence-corrected chi connectivity index (χ3v) is 5.11. The number of piperazine rings is 1. The predicted octanol–water partition coefficient (Wildman–Crippen LogP) is 2.25. The molecule has 2 aliphatic rings. The first-order valence-corrected chi connectivity index (χ1v) is 8.58. The van der Waals surface area contributed by atoms with Crippen LogP contribution >= 0.6 is 0 Å². The Morgan fingerprint density at radius 3 is 2.67 bits per heavy atom. The maximum atomic E-state index is 3.43. The summed E-state index contributed by atoms with van der Waals surface area (Å²) in [6.45, 7) is 12.6. The van der Waals surface area contributed by atoms with Crippen LogP contribution in [0, 0.1) is 0 Å². The van der Waals surface area contributed by atoms with Gasteiger partial charge in [0, 0.05) is 45.3 Å². The summed E-state index contributed by atoms with van der Waals surface area (Å²) in [6.07, 6.45) is 2.49. The lowest BCUT2D eigenvalue weighted by Gasteiger charge is -2.36. The quantitative estimate of drug-likeness (QED) is 0.916. The molecule has 1 unspecified atom stereocenters. The highest BCUT2D eigenvalue weighted by atomic mass is 15.2. The van der Waals surface area contributed by atoms with Gasteiger partial charge in [-0.1, -0.05) is 32.0 Å². The maximum absolute atomic E-state index is 3.43. The Morgan fingerprint density at radius 2 is 1.95 bits per heavy atom. The molecule has 3 heteroatoms. The molecular weight excluding hydrogens is 258 g/mol. The van der Waals surface area contributed by atoms with Gasteiger partial charge in [-0.05, 0) is 36.1 Å². The molecule has 1 aromatic rings. The molecule has 3 nitrogen and oxygen atoms in total. The van der Waals surface area contributed by atoms with Gasteiger partial charge in [-0.3, -0.25) is 9.80 Å². The summed E-state index contributed by atoms with van der Waals surface area (Å²) in [5.74, 6) is 0. The van der Waals surface area contributed by atoms with Gasteiger partial charge in [0.2, 0.25) is 0 Å². The number of fused-ring (bicyclic) bond motifs is 1. The molecule has 2 aliphatic heterocycles. The molecule has 1 fully saturated rings. The summed E-state index contributed by atoms with van der Waals surface area (Å²) in [6, 6.07) is 7.94. The van der Waals surface area contributed by atoms with Crippen molar-refractivity contribution < 1.29 is 0 Å². The number of hydrogen-bond donors (Lipinski definition) is 1. The van der Waals surface area contributed by atoms with Gasteiger partial charge < -0.3 is 5.32 Å². The van der Waals surface area contributed by atoms with Crippen molar-refractivity contribution in [3.05, 3.63) is 34.9 Å². The van der Waals surface area contributed by atoms with E-state index in [0.29, 0.717) is 0 Å². The van der Waals surface area contributed by atoms with Gasteiger partial charge in [0.15, 0.2) is 0 Å². The zero-order valence-electron chi connectivity index (χ0n) is 13.6. The molecule has 21 heavy (non-hydrogen) atoms. The van der Waals surface area contributed by atoms with Crippen LogP contribution in [-0.2, 0) is 19.5 Å². The first kappa shape index (κ1) is 15.0. The largest absolute Gasteiger partial charge is 0.314 e. The minimum atomic E-state index is 0.733. The second kappa shape index (κ2) is 6.91. The molecule has 0 spiro atoms. The molecule has 1 atom stereocenters. The van der Waals surface area contributed by atoms with E-state index in [9.17, 15) is 0 Å². The zero-order chi connectivity index (χ0) is 14.7. The van der Waals surface area contributed by atoms with Crippen molar-refractivity contribution in [1.82, 2.24) is 15.1 Å². The Kier molecular flexibility index (Phi) is 4.94. The fourth-order valence-corrected chi connectivity index (χ4v) is 3.75. The molecule has 0 radical (unpaired) electrons. The first-order valence-electron chi connectivity index (χ1n) is 8.58. The highest BCUT2D eigenvalue weighted by Gasteiger charge is 2.23. The van der Waals surface area contributed by atoms with Crippen LogP contribution in [0.25, 0.3) is 0 Å². The van der Waals surface area contributed by atoms with Crippen molar-refractivity contribution in [1.29, 1.82) is 0 Å². The minimum absolute atomic E-state index is 0.733. The maximum Gasteiger partial charge on any atom is 0.0239 e. The monoisotopic (exact) mass is 287 g/mol. The fraction of sp³-hybridized carbons (Fsp3) is 0.667. The molecule has 0 aliphatic carbocycles. The van der Waals surface area contributed by atoms with Crippen LogP contribution in [0.5, 0.6) is 0 Å². The van der Waals surface area contributed by atoms with Crippen molar-refractivity contribution in [2.24, 2.45) is 0 Å². The molecule has 116 valence electrons. The highest BCUT2D eigenvalue weighted by molar-refractivity contribution is 5.34. The normalized spacial score (nSPS) is 24.0. The molecule has 2 heterocycles. The second-order valence-electron chi connectivity index (χ2n) is 6.46. The van der Waals surface area contributed by atoms with Crippen LogP contribution in [0.1, 0.15) is 37.0 Å². The molecule has 0 saturated carbocycles. The lowest BCUT2D eigenvalue weighted by molar-refractivity contribution is 0.176. The van der Waals surface area contributed by atoms with Gasteiger partial charge in [0.25, 0.3) is 0 Å². The lowest BCUT2D eigenvalue weighted by atomic mass is 9.91. The van der Waals surface area contributed by atoms with Crippen molar-refractivity contribution in [2.45, 2.75) is 45.8 Å². The average Bonchev–Trinajstić information content (AvgIpc) is 2.54. The Bertz CT molecular complexity index is 466. The Morgan fingerprint density at radius 1 is 1.14 bits per heavy atom. The third-order valence-electron chi connectivity index (χ3n) is 5.11. The van der Waals surface area contributed by atoms with E-state index in [4.69, 9.17) is 0 Å². The van der Waals surface area contributed by atoms with Gasteiger partial charge in [-0.2, -0.15) is 0 Å². The summed E-state index contributed by atoms with van der Waals surface area (Å²) in [5, 5.41) is 3.43. The summed E-state index contributed by atoms with van der Waals surface area (Å²) >= 11 is 0. The Balaban J connectivity index is 1.72. The molecule has 1 aromatic carbocycles. The number of nitrogens with zero attached hydrogens (tertiary/aromatic N) is 2. The van der Waals surface area contributed by atoms with Crippen LogP contribution in [0.2, 0.25) is 0 Å². The van der Waals surface area contributed by atoms with E-state index in [1.165, 1.54) is 38.0 Å². The SMILES string of the molecule is CCC1Cc2cc(CN3CCNCC3)ccc2CN1CC.